The number of amides is 1. The van der Waals surface area contributed by atoms with Crippen molar-refractivity contribution >= 4 is 11.9 Å². The third-order valence-electron chi connectivity index (χ3n) is 4.61. The van der Waals surface area contributed by atoms with Crippen LogP contribution in [0.3, 0.4) is 0 Å². The summed E-state index contributed by atoms with van der Waals surface area (Å²) in [5.41, 5.74) is 5.61. The van der Waals surface area contributed by atoms with Gasteiger partial charge >= 0.3 is 5.97 Å². The van der Waals surface area contributed by atoms with E-state index in [9.17, 15) is 9.59 Å². The fourth-order valence-electron chi connectivity index (χ4n) is 3.19. The quantitative estimate of drug-likeness (QED) is 0.640. The number of rotatable bonds is 8. The lowest BCUT2D eigenvalue weighted by Gasteiger charge is -2.27. The van der Waals surface area contributed by atoms with Gasteiger partial charge in [-0.05, 0) is 50.5 Å². The summed E-state index contributed by atoms with van der Waals surface area (Å²) in [4.78, 5) is 23.1. The minimum absolute atomic E-state index is 0.0272. The number of nitrogens with one attached hydrogen (secondary N) is 1. The Labute approximate surface area is 127 Å². The average Bonchev–Trinajstić information content (AvgIpc) is 2.43. The van der Waals surface area contributed by atoms with Crippen molar-refractivity contribution in [2.24, 2.45) is 23.5 Å². The van der Waals surface area contributed by atoms with Gasteiger partial charge in [0.15, 0.2) is 0 Å². The summed E-state index contributed by atoms with van der Waals surface area (Å²) in [6.45, 7) is 4.99. The SMILES string of the molecule is CC(C)C(CCN)CCC(=O)NC1CCCC(C(=O)O)C1. The summed E-state index contributed by atoms with van der Waals surface area (Å²) in [5, 5.41) is 12.1. The minimum Gasteiger partial charge on any atom is -0.481 e. The van der Waals surface area contributed by atoms with E-state index in [0.717, 1.165) is 32.1 Å². The molecule has 3 atom stereocenters. The molecule has 122 valence electrons. The molecular weight excluding hydrogens is 268 g/mol. The summed E-state index contributed by atoms with van der Waals surface area (Å²) in [6, 6.07) is 0.0272. The first kappa shape index (κ1) is 18.0. The average molecular weight is 298 g/mol. The van der Waals surface area contributed by atoms with Gasteiger partial charge in [0.05, 0.1) is 5.92 Å². The predicted molar refractivity (Wildman–Crippen MR) is 82.8 cm³/mol. The molecule has 0 saturated heterocycles. The highest BCUT2D eigenvalue weighted by Crippen LogP contribution is 2.25. The van der Waals surface area contributed by atoms with Crippen molar-refractivity contribution < 1.29 is 14.7 Å². The molecule has 0 spiro atoms. The van der Waals surface area contributed by atoms with Crippen molar-refractivity contribution in [3.63, 3.8) is 0 Å². The van der Waals surface area contributed by atoms with Gasteiger partial charge in [-0.1, -0.05) is 20.3 Å². The van der Waals surface area contributed by atoms with E-state index < -0.39 is 5.97 Å². The summed E-state index contributed by atoms with van der Waals surface area (Å²) in [7, 11) is 0. The van der Waals surface area contributed by atoms with E-state index in [4.69, 9.17) is 10.8 Å². The lowest BCUT2D eigenvalue weighted by Crippen LogP contribution is -2.40. The van der Waals surface area contributed by atoms with Crippen molar-refractivity contribution in [2.45, 2.75) is 64.8 Å². The first-order valence-corrected chi connectivity index (χ1v) is 8.16. The van der Waals surface area contributed by atoms with Gasteiger partial charge < -0.3 is 16.2 Å². The second-order valence-electron chi connectivity index (χ2n) is 6.59. The summed E-state index contributed by atoms with van der Waals surface area (Å²) in [5.74, 6) is 0.0291. The smallest absolute Gasteiger partial charge is 0.306 e. The topological polar surface area (TPSA) is 92.4 Å². The van der Waals surface area contributed by atoms with Gasteiger partial charge in [-0.2, -0.15) is 0 Å². The van der Waals surface area contributed by atoms with Crippen LogP contribution in [0.5, 0.6) is 0 Å². The van der Waals surface area contributed by atoms with Crippen LogP contribution >= 0.6 is 0 Å². The lowest BCUT2D eigenvalue weighted by atomic mass is 9.85. The molecule has 1 aliphatic carbocycles. The van der Waals surface area contributed by atoms with Gasteiger partial charge in [0, 0.05) is 12.5 Å². The lowest BCUT2D eigenvalue weighted by molar-refractivity contribution is -0.143. The third-order valence-corrected chi connectivity index (χ3v) is 4.61. The van der Waals surface area contributed by atoms with Gasteiger partial charge in [0.1, 0.15) is 0 Å². The maximum Gasteiger partial charge on any atom is 0.306 e. The van der Waals surface area contributed by atoms with E-state index >= 15 is 0 Å². The number of carboxylic acid groups (broad SMARTS) is 1. The van der Waals surface area contributed by atoms with Gasteiger partial charge in [-0.25, -0.2) is 0 Å². The summed E-state index contributed by atoms with van der Waals surface area (Å²) in [6.07, 6.45) is 5.39. The molecular formula is C16H30N2O3. The van der Waals surface area contributed by atoms with Crippen LogP contribution < -0.4 is 11.1 Å². The van der Waals surface area contributed by atoms with Crippen molar-refractivity contribution in [3.8, 4) is 0 Å². The second kappa shape index (κ2) is 9.03. The van der Waals surface area contributed by atoms with Gasteiger partial charge in [0.2, 0.25) is 5.91 Å². The number of carboxylic acids is 1. The van der Waals surface area contributed by atoms with Crippen LogP contribution in [0.4, 0.5) is 0 Å². The molecule has 0 aromatic rings. The highest BCUT2D eigenvalue weighted by Gasteiger charge is 2.27. The Morgan fingerprint density at radius 2 is 2.00 bits per heavy atom. The highest BCUT2D eigenvalue weighted by molar-refractivity contribution is 5.76. The van der Waals surface area contributed by atoms with E-state index in [2.05, 4.69) is 19.2 Å². The van der Waals surface area contributed by atoms with Crippen LogP contribution in [0.15, 0.2) is 0 Å². The molecule has 0 aromatic heterocycles. The molecule has 0 heterocycles. The van der Waals surface area contributed by atoms with Crippen LogP contribution in [0.1, 0.15) is 58.8 Å². The fourth-order valence-corrected chi connectivity index (χ4v) is 3.19. The van der Waals surface area contributed by atoms with E-state index in [0.29, 0.717) is 31.2 Å². The number of hydrogen-bond acceptors (Lipinski definition) is 3. The number of aliphatic carboxylic acids is 1. The first-order valence-electron chi connectivity index (χ1n) is 8.16. The second-order valence-corrected chi connectivity index (χ2v) is 6.59. The normalized spacial score (nSPS) is 23.8. The molecule has 5 heteroatoms. The molecule has 1 amide bonds. The van der Waals surface area contributed by atoms with Crippen LogP contribution in [-0.4, -0.2) is 29.6 Å². The minimum atomic E-state index is -0.739. The zero-order valence-electron chi connectivity index (χ0n) is 13.3. The Kier molecular flexibility index (Phi) is 7.72. The largest absolute Gasteiger partial charge is 0.481 e. The molecule has 21 heavy (non-hydrogen) atoms. The highest BCUT2D eigenvalue weighted by atomic mass is 16.4. The van der Waals surface area contributed by atoms with Crippen LogP contribution in [0, 0.1) is 17.8 Å². The van der Waals surface area contributed by atoms with Gasteiger partial charge in [-0.3, -0.25) is 9.59 Å². The molecule has 0 aromatic carbocycles. The molecule has 0 aliphatic heterocycles. The number of hydrogen-bond donors (Lipinski definition) is 3. The number of nitrogens with two attached hydrogens (primary N) is 1. The number of carbonyl (C=O) groups excluding carboxylic acids is 1. The molecule has 3 unspecified atom stereocenters. The third kappa shape index (κ3) is 6.46. The van der Waals surface area contributed by atoms with Crippen molar-refractivity contribution in [3.05, 3.63) is 0 Å². The van der Waals surface area contributed by atoms with Crippen LogP contribution in [0.2, 0.25) is 0 Å². The zero-order chi connectivity index (χ0) is 15.8. The molecule has 0 radical (unpaired) electrons. The van der Waals surface area contributed by atoms with E-state index in [1.807, 2.05) is 0 Å². The fraction of sp³-hybridized carbons (Fsp3) is 0.875. The molecule has 1 fully saturated rings. The predicted octanol–water partition coefficient (Wildman–Crippen LogP) is 2.15. The van der Waals surface area contributed by atoms with Crippen molar-refractivity contribution in [1.29, 1.82) is 0 Å². The van der Waals surface area contributed by atoms with Crippen LogP contribution in [0.25, 0.3) is 0 Å². The van der Waals surface area contributed by atoms with E-state index in [1.165, 1.54) is 0 Å². The molecule has 5 nitrogen and oxygen atoms in total. The Bertz CT molecular complexity index is 344. The van der Waals surface area contributed by atoms with Crippen molar-refractivity contribution in [2.75, 3.05) is 6.54 Å². The molecule has 1 aliphatic rings. The molecule has 4 N–H and O–H groups in total. The Balaban J connectivity index is 2.34. The Morgan fingerprint density at radius 1 is 1.29 bits per heavy atom. The maximum absolute atomic E-state index is 12.0. The molecule has 1 saturated carbocycles. The Morgan fingerprint density at radius 3 is 2.57 bits per heavy atom. The van der Waals surface area contributed by atoms with Gasteiger partial charge in [0.25, 0.3) is 0 Å². The maximum atomic E-state index is 12.0. The van der Waals surface area contributed by atoms with Crippen molar-refractivity contribution in [1.82, 2.24) is 5.32 Å². The molecule has 1 rings (SSSR count). The standard InChI is InChI=1S/C16H30N2O3/c1-11(2)12(8-9-17)6-7-15(19)18-14-5-3-4-13(10-14)16(20)21/h11-14H,3-10,17H2,1-2H3,(H,18,19)(H,20,21). The summed E-state index contributed by atoms with van der Waals surface area (Å²) >= 11 is 0. The number of carbonyl (C=O) groups is 2. The monoisotopic (exact) mass is 298 g/mol. The zero-order valence-corrected chi connectivity index (χ0v) is 13.3. The van der Waals surface area contributed by atoms with E-state index in [-0.39, 0.29) is 17.9 Å². The molecule has 0 bridgehead atoms. The van der Waals surface area contributed by atoms with Crippen LogP contribution in [-0.2, 0) is 9.59 Å². The first-order chi connectivity index (χ1) is 9.93. The van der Waals surface area contributed by atoms with Gasteiger partial charge in [-0.15, -0.1) is 0 Å². The van der Waals surface area contributed by atoms with E-state index in [1.54, 1.807) is 0 Å². The Hall–Kier alpha value is -1.10. The summed E-state index contributed by atoms with van der Waals surface area (Å²) < 4.78 is 0.